The van der Waals surface area contributed by atoms with E-state index >= 15 is 0 Å². The Kier molecular flexibility index (Phi) is 0.968. The zero-order valence-corrected chi connectivity index (χ0v) is 6.21. The summed E-state index contributed by atoms with van der Waals surface area (Å²) in [5.74, 6) is 1.04. The SMILES string of the molecule is C1C2CC3CN(C2)CC1N3. The number of rotatable bonds is 0. The second-order valence-electron chi connectivity index (χ2n) is 4.12. The molecule has 0 aliphatic carbocycles. The van der Waals surface area contributed by atoms with Gasteiger partial charge in [-0.05, 0) is 18.8 Å². The van der Waals surface area contributed by atoms with E-state index in [4.69, 9.17) is 0 Å². The molecular formula is C8H14N2. The molecule has 56 valence electrons. The molecule has 2 nitrogen and oxygen atoms in total. The van der Waals surface area contributed by atoms with Crippen molar-refractivity contribution in [2.45, 2.75) is 24.9 Å². The van der Waals surface area contributed by atoms with Gasteiger partial charge in [-0.15, -0.1) is 0 Å². The van der Waals surface area contributed by atoms with Gasteiger partial charge in [0.05, 0.1) is 0 Å². The van der Waals surface area contributed by atoms with Gasteiger partial charge < -0.3 is 5.32 Å². The van der Waals surface area contributed by atoms with Gasteiger partial charge in [0.1, 0.15) is 0 Å². The molecule has 0 amide bonds. The molecule has 2 heteroatoms. The predicted octanol–water partition coefficient (Wildman–Crippen LogP) is 0.0524. The van der Waals surface area contributed by atoms with E-state index in [1.54, 1.807) is 0 Å². The zero-order chi connectivity index (χ0) is 6.55. The number of nitrogens with zero attached hydrogens (tertiary/aromatic N) is 1. The minimum atomic E-state index is 0.853. The summed E-state index contributed by atoms with van der Waals surface area (Å²) in [7, 11) is 0. The molecule has 0 aromatic carbocycles. The molecule has 0 aromatic rings. The lowest BCUT2D eigenvalue weighted by Gasteiger charge is -2.52. The molecule has 4 bridgehead atoms. The van der Waals surface area contributed by atoms with E-state index in [-0.39, 0.29) is 0 Å². The maximum absolute atomic E-state index is 3.67. The van der Waals surface area contributed by atoms with Crippen LogP contribution in [0, 0.1) is 5.92 Å². The van der Waals surface area contributed by atoms with Crippen LogP contribution in [0.5, 0.6) is 0 Å². The number of hydrogen-bond donors (Lipinski definition) is 1. The minimum Gasteiger partial charge on any atom is -0.309 e. The Labute approximate surface area is 61.6 Å². The van der Waals surface area contributed by atoms with Crippen molar-refractivity contribution in [1.82, 2.24) is 10.2 Å². The summed E-state index contributed by atoms with van der Waals surface area (Å²) in [6.45, 7) is 4.05. The standard InChI is InChI=1S/C8H14N2/c1-6-2-8-5-10(3-6)4-7(1)9-8/h6-9H,1-5H2. The lowest BCUT2D eigenvalue weighted by atomic mass is 9.80. The van der Waals surface area contributed by atoms with Crippen LogP contribution in [-0.4, -0.2) is 36.6 Å². The van der Waals surface area contributed by atoms with Crippen molar-refractivity contribution < 1.29 is 0 Å². The number of hydrogen-bond acceptors (Lipinski definition) is 2. The van der Waals surface area contributed by atoms with Crippen LogP contribution in [0.25, 0.3) is 0 Å². The molecule has 4 rings (SSSR count). The van der Waals surface area contributed by atoms with Crippen LogP contribution in [0.4, 0.5) is 0 Å². The number of piperazine rings is 1. The average Bonchev–Trinajstić information content (AvgIpc) is 1.82. The average molecular weight is 138 g/mol. The van der Waals surface area contributed by atoms with E-state index in [0.29, 0.717) is 0 Å². The minimum absolute atomic E-state index is 0.853. The van der Waals surface area contributed by atoms with Gasteiger partial charge in [0, 0.05) is 31.7 Å². The summed E-state index contributed by atoms with van der Waals surface area (Å²) >= 11 is 0. The van der Waals surface area contributed by atoms with Gasteiger partial charge >= 0.3 is 0 Å². The third-order valence-electron chi connectivity index (χ3n) is 3.18. The topological polar surface area (TPSA) is 15.3 Å². The van der Waals surface area contributed by atoms with E-state index in [1.165, 1.54) is 32.5 Å². The molecule has 0 aromatic heterocycles. The van der Waals surface area contributed by atoms with Crippen LogP contribution in [0.15, 0.2) is 0 Å². The van der Waals surface area contributed by atoms with Crippen LogP contribution in [0.2, 0.25) is 0 Å². The Morgan fingerprint density at radius 1 is 1.00 bits per heavy atom. The van der Waals surface area contributed by atoms with Crippen molar-refractivity contribution >= 4 is 0 Å². The molecule has 4 saturated heterocycles. The van der Waals surface area contributed by atoms with Crippen LogP contribution >= 0.6 is 0 Å². The predicted molar refractivity (Wildman–Crippen MR) is 39.9 cm³/mol. The molecule has 4 heterocycles. The summed E-state index contributed by atoms with van der Waals surface area (Å²) in [6, 6.07) is 1.71. The van der Waals surface area contributed by atoms with Crippen LogP contribution in [0.3, 0.4) is 0 Å². The van der Waals surface area contributed by atoms with Gasteiger partial charge in [-0.25, -0.2) is 0 Å². The van der Waals surface area contributed by atoms with Gasteiger partial charge in [-0.1, -0.05) is 0 Å². The third kappa shape index (κ3) is 0.663. The monoisotopic (exact) mass is 138 g/mol. The van der Waals surface area contributed by atoms with Crippen LogP contribution in [0.1, 0.15) is 12.8 Å². The van der Waals surface area contributed by atoms with Gasteiger partial charge in [-0.3, -0.25) is 4.90 Å². The van der Waals surface area contributed by atoms with Crippen LogP contribution < -0.4 is 5.32 Å². The van der Waals surface area contributed by atoms with E-state index in [1.807, 2.05) is 0 Å². The van der Waals surface area contributed by atoms with Gasteiger partial charge in [0.2, 0.25) is 0 Å². The van der Waals surface area contributed by atoms with Crippen LogP contribution in [-0.2, 0) is 0 Å². The highest BCUT2D eigenvalue weighted by molar-refractivity contribution is 4.98. The first-order chi connectivity index (χ1) is 4.90. The molecule has 4 aliphatic rings. The second kappa shape index (κ2) is 1.74. The van der Waals surface area contributed by atoms with Crippen molar-refractivity contribution in [3.05, 3.63) is 0 Å². The van der Waals surface area contributed by atoms with Crippen molar-refractivity contribution in [2.24, 2.45) is 5.92 Å². The molecule has 4 aliphatic heterocycles. The molecule has 0 radical (unpaired) electrons. The Bertz CT molecular complexity index is 98.8. The Balaban J connectivity index is 1.90. The Morgan fingerprint density at radius 3 is 2.20 bits per heavy atom. The molecule has 2 unspecified atom stereocenters. The van der Waals surface area contributed by atoms with E-state index in [0.717, 1.165) is 18.0 Å². The summed E-state index contributed by atoms with van der Waals surface area (Å²) in [6.07, 6.45) is 2.90. The highest BCUT2D eigenvalue weighted by atomic mass is 15.2. The molecule has 1 N–H and O–H groups in total. The summed E-state index contributed by atoms with van der Waals surface area (Å²) in [4.78, 5) is 2.63. The quantitative estimate of drug-likeness (QED) is 0.509. The molecule has 2 atom stereocenters. The van der Waals surface area contributed by atoms with Gasteiger partial charge in [0.25, 0.3) is 0 Å². The first kappa shape index (κ1) is 5.56. The maximum Gasteiger partial charge on any atom is 0.0201 e. The number of piperidine rings is 3. The lowest BCUT2D eigenvalue weighted by molar-refractivity contribution is 0.0190. The normalized spacial score (nSPS) is 57.6. The third-order valence-corrected chi connectivity index (χ3v) is 3.18. The molecule has 4 fully saturated rings. The smallest absolute Gasteiger partial charge is 0.0201 e. The summed E-state index contributed by atoms with van der Waals surface area (Å²) < 4.78 is 0. The lowest BCUT2D eigenvalue weighted by Crippen LogP contribution is -2.66. The van der Waals surface area contributed by atoms with Crippen molar-refractivity contribution in [1.29, 1.82) is 0 Å². The fourth-order valence-corrected chi connectivity index (χ4v) is 2.99. The maximum atomic E-state index is 3.67. The first-order valence-electron chi connectivity index (χ1n) is 4.38. The summed E-state index contributed by atoms with van der Waals surface area (Å²) in [5, 5.41) is 3.67. The number of nitrogens with one attached hydrogen (secondary N) is 1. The van der Waals surface area contributed by atoms with Crippen molar-refractivity contribution in [2.75, 3.05) is 19.6 Å². The second-order valence-corrected chi connectivity index (χ2v) is 4.12. The molecule has 0 saturated carbocycles. The summed E-state index contributed by atoms with van der Waals surface area (Å²) in [5.41, 5.74) is 0. The fourth-order valence-electron chi connectivity index (χ4n) is 2.99. The molecule has 10 heavy (non-hydrogen) atoms. The first-order valence-corrected chi connectivity index (χ1v) is 4.38. The molecule has 0 spiro atoms. The van der Waals surface area contributed by atoms with E-state index in [9.17, 15) is 0 Å². The largest absolute Gasteiger partial charge is 0.309 e. The van der Waals surface area contributed by atoms with E-state index < -0.39 is 0 Å². The van der Waals surface area contributed by atoms with Crippen molar-refractivity contribution in [3.8, 4) is 0 Å². The van der Waals surface area contributed by atoms with E-state index in [2.05, 4.69) is 10.2 Å². The highest BCUT2D eigenvalue weighted by Gasteiger charge is 2.40. The highest BCUT2D eigenvalue weighted by Crippen LogP contribution is 2.31. The Morgan fingerprint density at radius 2 is 1.70 bits per heavy atom. The van der Waals surface area contributed by atoms with Gasteiger partial charge in [0.15, 0.2) is 0 Å². The zero-order valence-electron chi connectivity index (χ0n) is 6.21. The Hall–Kier alpha value is -0.0800. The fraction of sp³-hybridized carbons (Fsp3) is 1.00. The van der Waals surface area contributed by atoms with Crippen molar-refractivity contribution in [3.63, 3.8) is 0 Å². The van der Waals surface area contributed by atoms with Gasteiger partial charge in [-0.2, -0.15) is 0 Å². The molecular weight excluding hydrogens is 124 g/mol.